The SMILES string of the molecule is C=C(Cl)Cl.C=CC#N.C=CCl.CC(C)C.O=C1OCCO1. The fourth-order valence-corrected chi connectivity index (χ4v) is 0.292. The van der Waals surface area contributed by atoms with E-state index in [4.69, 9.17) is 40.1 Å². The van der Waals surface area contributed by atoms with Gasteiger partial charge in [0.1, 0.15) is 13.2 Å². The Hall–Kier alpha value is -1.15. The maximum absolute atomic E-state index is 9.80. The molecule has 7 heteroatoms. The van der Waals surface area contributed by atoms with E-state index in [0.717, 1.165) is 5.92 Å². The number of carbonyl (C=O) groups is 1. The zero-order chi connectivity index (χ0) is 17.7. The van der Waals surface area contributed by atoms with E-state index in [-0.39, 0.29) is 4.49 Å². The van der Waals surface area contributed by atoms with E-state index in [9.17, 15) is 4.79 Å². The van der Waals surface area contributed by atoms with Gasteiger partial charge in [-0.05, 0) is 11.5 Å². The van der Waals surface area contributed by atoms with Gasteiger partial charge < -0.3 is 9.47 Å². The minimum atomic E-state index is -0.546. The number of hydrogen-bond donors (Lipinski definition) is 0. The molecule has 1 rings (SSSR count). The lowest BCUT2D eigenvalue weighted by Crippen LogP contribution is -1.88. The molecule has 122 valence electrons. The summed E-state index contributed by atoms with van der Waals surface area (Å²) in [7, 11) is 0. The van der Waals surface area contributed by atoms with Gasteiger partial charge in [-0.2, -0.15) is 5.26 Å². The van der Waals surface area contributed by atoms with Gasteiger partial charge in [0.25, 0.3) is 0 Å². The summed E-state index contributed by atoms with van der Waals surface area (Å²) in [5.41, 5.74) is 1.22. The van der Waals surface area contributed by atoms with Gasteiger partial charge in [-0.3, -0.25) is 0 Å². The van der Waals surface area contributed by atoms with E-state index in [2.05, 4.69) is 50.0 Å². The molecule has 0 aliphatic carbocycles. The van der Waals surface area contributed by atoms with Crippen LogP contribution in [0, 0.1) is 17.2 Å². The van der Waals surface area contributed by atoms with Gasteiger partial charge in [0, 0.05) is 6.08 Å². The lowest BCUT2D eigenvalue weighted by molar-refractivity contribution is 0.131. The average molecular weight is 359 g/mol. The summed E-state index contributed by atoms with van der Waals surface area (Å²) in [5.74, 6) is 0.833. The number of halogens is 3. The smallest absolute Gasteiger partial charge is 0.431 e. The van der Waals surface area contributed by atoms with Crippen molar-refractivity contribution in [3.05, 3.63) is 35.8 Å². The van der Waals surface area contributed by atoms with E-state index in [1.807, 2.05) is 0 Å². The Morgan fingerprint density at radius 1 is 1.29 bits per heavy atom. The van der Waals surface area contributed by atoms with Crippen LogP contribution in [0.2, 0.25) is 0 Å². The molecule has 0 N–H and O–H groups in total. The van der Waals surface area contributed by atoms with Crippen molar-refractivity contribution in [1.29, 1.82) is 5.26 Å². The molecule has 0 aromatic carbocycles. The largest absolute Gasteiger partial charge is 0.508 e. The van der Waals surface area contributed by atoms with Crippen LogP contribution < -0.4 is 0 Å². The second kappa shape index (κ2) is 27.2. The summed E-state index contributed by atoms with van der Waals surface area (Å²) in [4.78, 5) is 9.80. The monoisotopic (exact) mass is 357 g/mol. The molecular weight excluding hydrogens is 337 g/mol. The first-order chi connectivity index (χ1) is 9.69. The minimum Gasteiger partial charge on any atom is -0.431 e. The van der Waals surface area contributed by atoms with Crippen LogP contribution in [0.3, 0.4) is 0 Å². The quantitative estimate of drug-likeness (QED) is 0.404. The first kappa shape index (κ1) is 28.1. The summed E-state index contributed by atoms with van der Waals surface area (Å²) in [6.45, 7) is 16.7. The van der Waals surface area contributed by atoms with Crippen molar-refractivity contribution >= 4 is 41.0 Å². The molecule has 1 heterocycles. The highest BCUT2D eigenvalue weighted by atomic mass is 35.5. The fourth-order valence-electron chi connectivity index (χ4n) is 0.292. The van der Waals surface area contributed by atoms with Crippen LogP contribution in [0.5, 0.6) is 0 Å². The van der Waals surface area contributed by atoms with Crippen LogP contribution in [0.25, 0.3) is 0 Å². The number of nitrogens with zero attached hydrogens (tertiary/aromatic N) is 1. The third-order valence-electron chi connectivity index (χ3n) is 0.614. The molecule has 0 aromatic rings. The van der Waals surface area contributed by atoms with Gasteiger partial charge in [-0.25, -0.2) is 4.79 Å². The number of cyclic esters (lactones) is 2. The first-order valence-corrected chi connectivity index (χ1v) is 6.89. The van der Waals surface area contributed by atoms with Gasteiger partial charge in [0.2, 0.25) is 0 Å². The average Bonchev–Trinajstić information content (AvgIpc) is 2.80. The summed E-state index contributed by atoms with van der Waals surface area (Å²) in [6.07, 6.45) is 0.634. The molecule has 21 heavy (non-hydrogen) atoms. The molecule has 0 aromatic heterocycles. The second-order valence-corrected chi connectivity index (χ2v) is 4.92. The van der Waals surface area contributed by atoms with Crippen LogP contribution in [0.15, 0.2) is 35.8 Å². The molecule has 0 atom stereocenters. The van der Waals surface area contributed by atoms with Crippen molar-refractivity contribution in [1.82, 2.24) is 0 Å². The lowest BCUT2D eigenvalue weighted by atomic mass is 10.3. The number of ether oxygens (including phenoxy) is 2. The third kappa shape index (κ3) is 114. The molecule has 0 radical (unpaired) electrons. The molecule has 1 aliphatic rings. The van der Waals surface area contributed by atoms with Crippen molar-refractivity contribution in [3.63, 3.8) is 0 Å². The van der Waals surface area contributed by atoms with E-state index >= 15 is 0 Å². The number of allylic oxidation sites excluding steroid dienone is 1. The van der Waals surface area contributed by atoms with Crippen LogP contribution in [-0.4, -0.2) is 19.4 Å². The topological polar surface area (TPSA) is 59.3 Å². The van der Waals surface area contributed by atoms with E-state index in [1.165, 1.54) is 11.6 Å². The zero-order valence-corrected chi connectivity index (χ0v) is 14.8. The number of rotatable bonds is 0. The molecule has 0 bridgehead atoms. The standard InChI is InChI=1S/C4H10.C3H3N.C3H4O3.C2H2Cl2.C2H3Cl/c1-4(2)3;1-2-3-4;4-3-5-1-2-6-3;1-2(3)4;1-2-3/h4H,1-3H3;2H,1H2;1-2H2;1H2;2H,1H2. The zero-order valence-electron chi connectivity index (χ0n) is 12.6. The Bertz CT molecular complexity index is 298. The Kier molecular flexibility index (Phi) is 36.4. The van der Waals surface area contributed by atoms with Crippen molar-refractivity contribution in [3.8, 4) is 6.07 Å². The molecule has 4 nitrogen and oxygen atoms in total. The Morgan fingerprint density at radius 3 is 1.52 bits per heavy atom. The molecule has 0 unspecified atom stereocenters. The Morgan fingerprint density at radius 2 is 1.48 bits per heavy atom. The predicted octanol–water partition coefficient (Wildman–Crippen LogP) is 5.82. The molecule has 0 amide bonds. The first-order valence-electron chi connectivity index (χ1n) is 5.70. The fraction of sp³-hybridized carbons (Fsp3) is 0.429. The third-order valence-corrected chi connectivity index (χ3v) is 0.614. The van der Waals surface area contributed by atoms with E-state index in [1.54, 1.807) is 6.07 Å². The van der Waals surface area contributed by atoms with Crippen LogP contribution in [-0.2, 0) is 9.47 Å². The summed E-state index contributed by atoms with van der Waals surface area (Å²) < 4.78 is 8.69. The molecule has 1 aliphatic heterocycles. The maximum Gasteiger partial charge on any atom is 0.508 e. The number of carbonyl (C=O) groups excluding carboxylic acids is 1. The van der Waals surface area contributed by atoms with Gasteiger partial charge in [-0.1, -0.05) is 75.3 Å². The van der Waals surface area contributed by atoms with Gasteiger partial charge >= 0.3 is 6.16 Å². The normalized spacial score (nSPS) is 9.90. The minimum absolute atomic E-state index is 0.111. The molecular formula is C14H22Cl3NO3. The molecule has 0 saturated carbocycles. The van der Waals surface area contributed by atoms with Crippen LogP contribution in [0.4, 0.5) is 4.79 Å². The van der Waals surface area contributed by atoms with E-state index in [0.29, 0.717) is 13.2 Å². The van der Waals surface area contributed by atoms with Crippen molar-refractivity contribution in [2.75, 3.05) is 13.2 Å². The van der Waals surface area contributed by atoms with Gasteiger partial charge in [-0.15, -0.1) is 0 Å². The molecule has 0 spiro atoms. The Labute approximate surface area is 142 Å². The highest BCUT2D eigenvalue weighted by Crippen LogP contribution is 1.98. The Balaban J connectivity index is -0.0000000884. The number of nitriles is 1. The van der Waals surface area contributed by atoms with E-state index < -0.39 is 6.16 Å². The van der Waals surface area contributed by atoms with Crippen molar-refractivity contribution < 1.29 is 14.3 Å². The maximum atomic E-state index is 9.80. The lowest BCUT2D eigenvalue weighted by Gasteiger charge is -1.79. The predicted molar refractivity (Wildman–Crippen MR) is 90.5 cm³/mol. The van der Waals surface area contributed by atoms with Crippen molar-refractivity contribution in [2.24, 2.45) is 5.92 Å². The van der Waals surface area contributed by atoms with Gasteiger partial charge in [0.15, 0.2) is 0 Å². The highest BCUT2D eigenvalue weighted by molar-refractivity contribution is 6.55. The summed E-state index contributed by atoms with van der Waals surface area (Å²) in [5, 5.41) is 7.51. The highest BCUT2D eigenvalue weighted by Gasteiger charge is 2.09. The second-order valence-electron chi connectivity index (χ2n) is 3.51. The molecule has 1 fully saturated rings. The summed E-state index contributed by atoms with van der Waals surface area (Å²) in [6, 6.07) is 1.69. The number of hydrogen-bond acceptors (Lipinski definition) is 4. The van der Waals surface area contributed by atoms with Crippen molar-refractivity contribution in [2.45, 2.75) is 20.8 Å². The summed E-state index contributed by atoms with van der Waals surface area (Å²) >= 11 is 14.5. The van der Waals surface area contributed by atoms with Crippen LogP contribution >= 0.6 is 34.8 Å². The molecule has 1 saturated heterocycles. The van der Waals surface area contributed by atoms with Crippen LogP contribution in [0.1, 0.15) is 20.8 Å². The van der Waals surface area contributed by atoms with Gasteiger partial charge in [0.05, 0.1) is 10.6 Å².